The normalized spacial score (nSPS) is 17.5. The molecule has 1 amide bonds. The molecule has 1 unspecified atom stereocenters. The van der Waals surface area contributed by atoms with Crippen LogP contribution in [0.25, 0.3) is 0 Å². The molecular weight excluding hydrogens is 378 g/mol. The fourth-order valence-electron chi connectivity index (χ4n) is 3.73. The molecule has 1 atom stereocenters. The molecule has 0 radical (unpaired) electrons. The quantitative estimate of drug-likeness (QED) is 0.353. The van der Waals surface area contributed by atoms with E-state index in [4.69, 9.17) is 4.42 Å². The van der Waals surface area contributed by atoms with Gasteiger partial charge in [0.1, 0.15) is 0 Å². The molecule has 1 fully saturated rings. The van der Waals surface area contributed by atoms with Crippen LogP contribution >= 0.6 is 0 Å². The molecule has 0 saturated carbocycles. The highest BCUT2D eigenvalue weighted by molar-refractivity contribution is 5.92. The van der Waals surface area contributed by atoms with E-state index in [2.05, 4.69) is 56.2 Å². The van der Waals surface area contributed by atoms with Crippen molar-refractivity contribution in [3.63, 3.8) is 0 Å². The predicted octanol–water partition coefficient (Wildman–Crippen LogP) is 2.54. The average molecular weight is 412 g/mol. The number of aliphatic imine (C=N–C) groups is 1. The lowest BCUT2D eigenvalue weighted by Crippen LogP contribution is -2.51. The number of likely N-dealkylation sites (tertiary alicyclic amines) is 1. The second-order valence-electron chi connectivity index (χ2n) is 7.75. The van der Waals surface area contributed by atoms with Crippen molar-refractivity contribution in [3.8, 4) is 0 Å². The molecule has 1 aliphatic rings. The van der Waals surface area contributed by atoms with E-state index in [1.807, 2.05) is 6.92 Å². The van der Waals surface area contributed by atoms with E-state index in [1.165, 1.54) is 18.2 Å². The van der Waals surface area contributed by atoms with Crippen LogP contribution in [0.1, 0.15) is 40.9 Å². The Bertz CT molecular complexity index is 818. The van der Waals surface area contributed by atoms with E-state index in [-0.39, 0.29) is 5.91 Å². The monoisotopic (exact) mass is 411 g/mol. The Labute approximate surface area is 178 Å². The molecule has 3 rings (SSSR count). The highest BCUT2D eigenvalue weighted by Gasteiger charge is 2.20. The summed E-state index contributed by atoms with van der Waals surface area (Å²) in [5, 5.41) is 9.78. The molecule has 1 aromatic carbocycles. The van der Waals surface area contributed by atoms with Crippen LogP contribution in [0.5, 0.6) is 0 Å². The van der Waals surface area contributed by atoms with Gasteiger partial charge in [0.25, 0.3) is 5.91 Å². The standard InChI is InChI=1S/C23H33N5O2/c1-18-11-15-30-21(18)22(29)25-12-7-13-26-23(24-2)27-20-10-6-14-28(17-20)16-19-8-4-3-5-9-19/h3-5,8-9,11,15,20H,6-7,10,12-14,16-17H2,1-2H3,(H,25,29)(H2,24,26,27). The Hall–Kier alpha value is -2.80. The Morgan fingerprint density at radius 3 is 2.73 bits per heavy atom. The number of benzene rings is 1. The summed E-state index contributed by atoms with van der Waals surface area (Å²) >= 11 is 0. The number of carbonyl (C=O) groups excluding carboxylic acids is 1. The lowest BCUT2D eigenvalue weighted by molar-refractivity contribution is 0.0925. The van der Waals surface area contributed by atoms with Crippen molar-refractivity contribution in [2.75, 3.05) is 33.2 Å². The van der Waals surface area contributed by atoms with Gasteiger partial charge in [-0.1, -0.05) is 30.3 Å². The summed E-state index contributed by atoms with van der Waals surface area (Å²) in [6.45, 7) is 6.30. The molecule has 2 heterocycles. The van der Waals surface area contributed by atoms with Crippen LogP contribution in [0.3, 0.4) is 0 Å². The van der Waals surface area contributed by atoms with E-state index < -0.39 is 0 Å². The Morgan fingerprint density at radius 1 is 1.20 bits per heavy atom. The molecule has 7 heteroatoms. The molecule has 2 aromatic rings. The second kappa shape index (κ2) is 11.4. The fraction of sp³-hybridized carbons (Fsp3) is 0.478. The first-order valence-corrected chi connectivity index (χ1v) is 10.7. The van der Waals surface area contributed by atoms with Crippen molar-refractivity contribution in [1.29, 1.82) is 0 Å². The minimum atomic E-state index is -0.166. The molecule has 1 aliphatic heterocycles. The number of piperidine rings is 1. The van der Waals surface area contributed by atoms with Crippen LogP contribution in [-0.2, 0) is 6.54 Å². The summed E-state index contributed by atoms with van der Waals surface area (Å²) in [6, 6.07) is 12.8. The molecule has 1 aromatic heterocycles. The highest BCUT2D eigenvalue weighted by Crippen LogP contribution is 2.13. The maximum absolute atomic E-state index is 12.0. The topological polar surface area (TPSA) is 81.9 Å². The number of aryl methyl sites for hydroxylation is 1. The minimum absolute atomic E-state index is 0.166. The van der Waals surface area contributed by atoms with E-state index in [1.54, 1.807) is 13.1 Å². The van der Waals surface area contributed by atoms with E-state index in [0.29, 0.717) is 18.3 Å². The van der Waals surface area contributed by atoms with Crippen molar-refractivity contribution in [2.45, 2.75) is 38.8 Å². The van der Waals surface area contributed by atoms with Gasteiger partial charge >= 0.3 is 0 Å². The van der Waals surface area contributed by atoms with Gasteiger partial charge in [0.15, 0.2) is 11.7 Å². The Kier molecular flexibility index (Phi) is 8.32. The van der Waals surface area contributed by atoms with Gasteiger partial charge in [-0.05, 0) is 44.4 Å². The molecule has 0 spiro atoms. The highest BCUT2D eigenvalue weighted by atomic mass is 16.3. The maximum atomic E-state index is 12.0. The lowest BCUT2D eigenvalue weighted by atomic mass is 10.0. The molecule has 162 valence electrons. The van der Waals surface area contributed by atoms with Crippen LogP contribution in [0.15, 0.2) is 52.1 Å². The van der Waals surface area contributed by atoms with Crippen LogP contribution in [0.4, 0.5) is 0 Å². The third-order valence-corrected chi connectivity index (χ3v) is 5.32. The van der Waals surface area contributed by atoms with Gasteiger partial charge in [-0.15, -0.1) is 0 Å². The van der Waals surface area contributed by atoms with E-state index >= 15 is 0 Å². The second-order valence-corrected chi connectivity index (χ2v) is 7.75. The van der Waals surface area contributed by atoms with Crippen molar-refractivity contribution in [1.82, 2.24) is 20.9 Å². The molecule has 30 heavy (non-hydrogen) atoms. The summed E-state index contributed by atoms with van der Waals surface area (Å²) in [4.78, 5) is 18.9. The van der Waals surface area contributed by atoms with Crippen molar-refractivity contribution in [2.24, 2.45) is 4.99 Å². The summed E-state index contributed by atoms with van der Waals surface area (Å²) < 4.78 is 5.21. The van der Waals surface area contributed by atoms with Gasteiger partial charge in [-0.3, -0.25) is 14.7 Å². The molecule has 7 nitrogen and oxygen atoms in total. The largest absolute Gasteiger partial charge is 0.459 e. The molecule has 0 bridgehead atoms. The van der Waals surface area contributed by atoms with Crippen LogP contribution in [0.2, 0.25) is 0 Å². The van der Waals surface area contributed by atoms with E-state index in [0.717, 1.165) is 50.5 Å². The Balaban J connectivity index is 1.35. The van der Waals surface area contributed by atoms with Gasteiger partial charge in [0.05, 0.1) is 6.26 Å². The van der Waals surface area contributed by atoms with Crippen LogP contribution < -0.4 is 16.0 Å². The number of amides is 1. The maximum Gasteiger partial charge on any atom is 0.287 e. The number of rotatable bonds is 8. The smallest absolute Gasteiger partial charge is 0.287 e. The van der Waals surface area contributed by atoms with Gasteiger partial charge in [-0.25, -0.2) is 0 Å². The molecular formula is C23H33N5O2. The first-order chi connectivity index (χ1) is 14.7. The van der Waals surface area contributed by atoms with E-state index in [9.17, 15) is 4.79 Å². The third kappa shape index (κ3) is 6.62. The summed E-state index contributed by atoms with van der Waals surface area (Å²) in [7, 11) is 1.79. The first-order valence-electron chi connectivity index (χ1n) is 10.7. The number of nitrogens with zero attached hydrogens (tertiary/aromatic N) is 2. The summed E-state index contributed by atoms with van der Waals surface area (Å²) in [6.07, 6.45) is 4.66. The Morgan fingerprint density at radius 2 is 2.00 bits per heavy atom. The zero-order chi connectivity index (χ0) is 21.2. The van der Waals surface area contributed by atoms with Gasteiger partial charge in [0.2, 0.25) is 0 Å². The summed E-state index contributed by atoms with van der Waals surface area (Å²) in [5.41, 5.74) is 2.21. The van der Waals surface area contributed by atoms with Gasteiger partial charge in [-0.2, -0.15) is 0 Å². The molecule has 3 N–H and O–H groups in total. The van der Waals surface area contributed by atoms with Gasteiger partial charge in [0, 0.05) is 44.8 Å². The number of hydrogen-bond acceptors (Lipinski definition) is 4. The fourth-order valence-corrected chi connectivity index (χ4v) is 3.73. The average Bonchev–Trinajstić information content (AvgIpc) is 3.19. The number of furan rings is 1. The third-order valence-electron chi connectivity index (χ3n) is 5.32. The summed E-state index contributed by atoms with van der Waals surface area (Å²) in [5.74, 6) is 1.04. The number of hydrogen-bond donors (Lipinski definition) is 3. The molecule has 1 saturated heterocycles. The van der Waals surface area contributed by atoms with Crippen LogP contribution in [0, 0.1) is 6.92 Å². The zero-order valence-corrected chi connectivity index (χ0v) is 18.0. The number of guanidine groups is 1. The number of nitrogens with one attached hydrogen (secondary N) is 3. The molecule has 0 aliphatic carbocycles. The van der Waals surface area contributed by atoms with Crippen molar-refractivity contribution < 1.29 is 9.21 Å². The lowest BCUT2D eigenvalue weighted by Gasteiger charge is -2.34. The van der Waals surface area contributed by atoms with Crippen LogP contribution in [-0.4, -0.2) is 56.0 Å². The zero-order valence-electron chi connectivity index (χ0n) is 18.0. The first kappa shape index (κ1) is 21.9. The SMILES string of the molecule is CN=C(NCCCNC(=O)c1occc1C)NC1CCCN(Cc2ccccc2)C1. The van der Waals surface area contributed by atoms with Crippen molar-refractivity contribution in [3.05, 3.63) is 59.5 Å². The minimum Gasteiger partial charge on any atom is -0.459 e. The number of carbonyl (C=O) groups is 1. The predicted molar refractivity (Wildman–Crippen MR) is 120 cm³/mol. The van der Waals surface area contributed by atoms with Gasteiger partial charge < -0.3 is 20.4 Å². The van der Waals surface area contributed by atoms with Crippen molar-refractivity contribution >= 4 is 11.9 Å².